The van der Waals surface area contributed by atoms with Gasteiger partial charge in [-0.15, -0.1) is 0 Å². The minimum Gasteiger partial charge on any atom is -0.476 e. The number of amidine groups is 1. The van der Waals surface area contributed by atoms with E-state index in [2.05, 4.69) is 29.3 Å². The molecule has 0 fully saturated rings. The van der Waals surface area contributed by atoms with Crippen molar-refractivity contribution in [2.24, 2.45) is 15.9 Å². The van der Waals surface area contributed by atoms with E-state index in [0.29, 0.717) is 6.61 Å². The molecule has 0 radical (unpaired) electrons. The molecule has 1 unspecified atom stereocenters. The Morgan fingerprint density at radius 2 is 1.84 bits per heavy atom. The Balaban J connectivity index is 1.76. The van der Waals surface area contributed by atoms with Gasteiger partial charge in [0.25, 0.3) is 0 Å². The van der Waals surface area contributed by atoms with E-state index in [9.17, 15) is 0 Å². The van der Waals surface area contributed by atoms with Crippen LogP contribution in [0.3, 0.4) is 0 Å². The van der Waals surface area contributed by atoms with Crippen molar-refractivity contribution in [3.05, 3.63) is 70.7 Å². The van der Waals surface area contributed by atoms with Crippen molar-refractivity contribution >= 4 is 23.3 Å². The topological polar surface area (TPSA) is 34.0 Å². The fraction of sp³-hybridized carbons (Fsp3) is 0.333. The van der Waals surface area contributed by atoms with Gasteiger partial charge in [0.05, 0.1) is 0 Å². The Labute approximate surface area is 154 Å². The van der Waals surface area contributed by atoms with Crippen LogP contribution in [0.5, 0.6) is 0 Å². The maximum atomic E-state index is 6.13. The molecular formula is C21H23ClN2O. The third kappa shape index (κ3) is 5.17. The first-order valence-electron chi connectivity index (χ1n) is 8.70. The standard InChI is InChI=1S/C21H23ClN2O/c1-23-20-9-5-8-18(14-16-10-12-19(22)13-11-16)21(24-20)25-15-17-6-3-2-4-7-17/h2-4,6-7,10-13,18H,5,8-9,14-15H2,1H3. The summed E-state index contributed by atoms with van der Waals surface area (Å²) < 4.78 is 6.13. The monoisotopic (exact) mass is 354 g/mol. The van der Waals surface area contributed by atoms with Crippen LogP contribution in [0.15, 0.2) is 64.6 Å². The largest absolute Gasteiger partial charge is 0.476 e. The summed E-state index contributed by atoms with van der Waals surface area (Å²) in [6.07, 6.45) is 3.94. The van der Waals surface area contributed by atoms with Crippen molar-refractivity contribution in [3.8, 4) is 0 Å². The summed E-state index contributed by atoms with van der Waals surface area (Å²) >= 11 is 6.00. The van der Waals surface area contributed by atoms with Crippen LogP contribution in [-0.4, -0.2) is 18.8 Å². The first-order valence-corrected chi connectivity index (χ1v) is 9.08. The SMILES string of the molecule is CN=C1CCCC(Cc2ccc(Cl)cc2)C(OCc2ccccc2)=N1. The second-order valence-corrected chi connectivity index (χ2v) is 6.72. The predicted octanol–water partition coefficient (Wildman–Crippen LogP) is 5.33. The van der Waals surface area contributed by atoms with Gasteiger partial charge in [0, 0.05) is 24.4 Å². The predicted molar refractivity (Wildman–Crippen MR) is 105 cm³/mol. The molecule has 130 valence electrons. The molecule has 2 aromatic carbocycles. The average molecular weight is 355 g/mol. The van der Waals surface area contributed by atoms with Gasteiger partial charge in [-0.05, 0) is 42.5 Å². The quantitative estimate of drug-likeness (QED) is 0.731. The lowest BCUT2D eigenvalue weighted by Gasteiger charge is -2.18. The number of hydrogen-bond acceptors (Lipinski definition) is 2. The summed E-state index contributed by atoms with van der Waals surface area (Å²) in [6.45, 7) is 0.536. The van der Waals surface area contributed by atoms with Crippen molar-refractivity contribution in [2.75, 3.05) is 7.05 Å². The van der Waals surface area contributed by atoms with E-state index in [1.807, 2.05) is 30.3 Å². The molecular weight excluding hydrogens is 332 g/mol. The Morgan fingerprint density at radius 3 is 2.56 bits per heavy atom. The van der Waals surface area contributed by atoms with Crippen LogP contribution in [0, 0.1) is 5.92 Å². The fourth-order valence-electron chi connectivity index (χ4n) is 3.04. The normalized spacial score (nSPS) is 19.4. The maximum absolute atomic E-state index is 6.13. The number of ether oxygens (including phenoxy) is 1. The smallest absolute Gasteiger partial charge is 0.193 e. The Bertz CT molecular complexity index is 738. The summed E-state index contributed by atoms with van der Waals surface area (Å²) in [7, 11) is 1.80. The molecule has 25 heavy (non-hydrogen) atoms. The van der Waals surface area contributed by atoms with Crippen LogP contribution in [0.2, 0.25) is 5.02 Å². The van der Waals surface area contributed by atoms with Gasteiger partial charge in [-0.1, -0.05) is 54.1 Å². The number of halogens is 1. The zero-order valence-corrected chi connectivity index (χ0v) is 15.2. The van der Waals surface area contributed by atoms with Gasteiger partial charge in [0.15, 0.2) is 5.90 Å². The molecule has 1 aliphatic rings. The molecule has 4 heteroatoms. The Morgan fingerprint density at radius 1 is 1.08 bits per heavy atom. The van der Waals surface area contributed by atoms with Crippen molar-refractivity contribution in [2.45, 2.75) is 32.3 Å². The van der Waals surface area contributed by atoms with E-state index in [0.717, 1.165) is 48.0 Å². The third-order valence-corrected chi connectivity index (χ3v) is 4.68. The summed E-state index contributed by atoms with van der Waals surface area (Å²) in [5.41, 5.74) is 2.40. The number of rotatable bonds is 4. The molecule has 0 aliphatic carbocycles. The molecule has 1 heterocycles. The summed E-state index contributed by atoms with van der Waals surface area (Å²) in [5.74, 6) is 1.95. The molecule has 1 aliphatic heterocycles. The van der Waals surface area contributed by atoms with Gasteiger partial charge in [-0.3, -0.25) is 4.99 Å². The van der Waals surface area contributed by atoms with Gasteiger partial charge >= 0.3 is 0 Å². The molecule has 0 saturated heterocycles. The van der Waals surface area contributed by atoms with E-state index < -0.39 is 0 Å². The molecule has 3 rings (SSSR count). The van der Waals surface area contributed by atoms with Crippen LogP contribution in [0.25, 0.3) is 0 Å². The molecule has 0 N–H and O–H groups in total. The highest BCUT2D eigenvalue weighted by Gasteiger charge is 2.22. The highest BCUT2D eigenvalue weighted by atomic mass is 35.5. The number of nitrogens with zero attached hydrogens (tertiary/aromatic N) is 2. The van der Waals surface area contributed by atoms with E-state index in [1.165, 1.54) is 5.56 Å². The van der Waals surface area contributed by atoms with Crippen LogP contribution >= 0.6 is 11.6 Å². The lowest BCUT2D eigenvalue weighted by atomic mass is 9.94. The molecule has 0 spiro atoms. The lowest BCUT2D eigenvalue weighted by Crippen LogP contribution is -2.20. The fourth-order valence-corrected chi connectivity index (χ4v) is 3.17. The van der Waals surface area contributed by atoms with Gasteiger partial charge < -0.3 is 4.74 Å². The highest BCUT2D eigenvalue weighted by molar-refractivity contribution is 6.30. The second-order valence-electron chi connectivity index (χ2n) is 6.28. The zero-order valence-electron chi connectivity index (χ0n) is 14.5. The average Bonchev–Trinajstić information content (AvgIpc) is 2.84. The first-order chi connectivity index (χ1) is 12.2. The maximum Gasteiger partial charge on any atom is 0.193 e. The summed E-state index contributed by atoms with van der Waals surface area (Å²) in [6, 6.07) is 18.2. The van der Waals surface area contributed by atoms with Crippen LogP contribution in [-0.2, 0) is 17.8 Å². The van der Waals surface area contributed by atoms with Gasteiger partial charge in [0.2, 0.25) is 0 Å². The van der Waals surface area contributed by atoms with Crippen molar-refractivity contribution in [1.82, 2.24) is 0 Å². The molecule has 0 saturated carbocycles. The van der Waals surface area contributed by atoms with Crippen LogP contribution < -0.4 is 0 Å². The Hall–Kier alpha value is -2.13. The van der Waals surface area contributed by atoms with Crippen molar-refractivity contribution < 1.29 is 4.74 Å². The molecule has 0 bridgehead atoms. The van der Waals surface area contributed by atoms with E-state index in [1.54, 1.807) is 7.05 Å². The highest BCUT2D eigenvalue weighted by Crippen LogP contribution is 2.23. The van der Waals surface area contributed by atoms with Crippen LogP contribution in [0.4, 0.5) is 0 Å². The van der Waals surface area contributed by atoms with E-state index in [-0.39, 0.29) is 5.92 Å². The molecule has 0 amide bonds. The third-order valence-electron chi connectivity index (χ3n) is 4.42. The lowest BCUT2D eigenvalue weighted by molar-refractivity contribution is 0.266. The first kappa shape index (κ1) is 17.7. The zero-order chi connectivity index (χ0) is 17.5. The molecule has 1 atom stereocenters. The summed E-state index contributed by atoms with van der Waals surface area (Å²) in [5, 5.41) is 0.763. The number of benzene rings is 2. The minimum atomic E-state index is 0.268. The minimum absolute atomic E-state index is 0.268. The van der Waals surface area contributed by atoms with E-state index in [4.69, 9.17) is 21.3 Å². The van der Waals surface area contributed by atoms with Crippen molar-refractivity contribution in [3.63, 3.8) is 0 Å². The van der Waals surface area contributed by atoms with Gasteiger partial charge in [-0.25, -0.2) is 4.99 Å². The van der Waals surface area contributed by atoms with Gasteiger partial charge in [-0.2, -0.15) is 0 Å². The van der Waals surface area contributed by atoms with Crippen LogP contribution in [0.1, 0.15) is 30.4 Å². The molecule has 3 nitrogen and oxygen atoms in total. The number of hydrogen-bond donors (Lipinski definition) is 0. The number of aliphatic imine (C=N–C) groups is 2. The van der Waals surface area contributed by atoms with Crippen molar-refractivity contribution in [1.29, 1.82) is 0 Å². The van der Waals surface area contributed by atoms with Gasteiger partial charge in [0.1, 0.15) is 12.4 Å². The molecule has 2 aromatic rings. The summed E-state index contributed by atoms with van der Waals surface area (Å²) in [4.78, 5) is 9.02. The molecule has 0 aromatic heterocycles. The second kappa shape index (κ2) is 8.82. The Kier molecular flexibility index (Phi) is 6.24. The van der Waals surface area contributed by atoms with E-state index >= 15 is 0 Å².